The van der Waals surface area contributed by atoms with Crippen molar-refractivity contribution in [1.29, 1.82) is 0 Å². The van der Waals surface area contributed by atoms with Crippen LogP contribution in [0.3, 0.4) is 0 Å². The summed E-state index contributed by atoms with van der Waals surface area (Å²) in [5.41, 5.74) is 8.02. The van der Waals surface area contributed by atoms with E-state index in [1.165, 1.54) is 0 Å². The van der Waals surface area contributed by atoms with E-state index in [1.54, 1.807) is 0 Å². The van der Waals surface area contributed by atoms with Crippen LogP contribution >= 0.6 is 0 Å². The van der Waals surface area contributed by atoms with Gasteiger partial charge in [-0.1, -0.05) is 0 Å². The first-order valence-electron chi connectivity index (χ1n) is 6.92. The van der Waals surface area contributed by atoms with Crippen molar-refractivity contribution in [3.63, 3.8) is 0 Å². The molecule has 2 rings (SSSR count). The predicted octanol–water partition coefficient (Wildman–Crippen LogP) is 0.953. The fraction of sp³-hybridized carbons (Fsp3) is 0.714. The van der Waals surface area contributed by atoms with Crippen molar-refractivity contribution in [2.75, 3.05) is 37.6 Å². The molecular weight excluding hydrogens is 238 g/mol. The van der Waals surface area contributed by atoms with Crippen molar-refractivity contribution < 1.29 is 0 Å². The van der Waals surface area contributed by atoms with Crippen LogP contribution in [0.25, 0.3) is 0 Å². The summed E-state index contributed by atoms with van der Waals surface area (Å²) in [5, 5.41) is 0. The second kappa shape index (κ2) is 5.43. The van der Waals surface area contributed by atoms with Crippen LogP contribution in [0.4, 0.5) is 5.95 Å². The van der Waals surface area contributed by atoms with Gasteiger partial charge < -0.3 is 10.6 Å². The third-order valence-corrected chi connectivity index (χ3v) is 3.26. The van der Waals surface area contributed by atoms with E-state index in [-0.39, 0.29) is 5.54 Å². The minimum atomic E-state index is -0.126. The lowest BCUT2D eigenvalue weighted by atomic mass is 10.1. The van der Waals surface area contributed by atoms with Crippen molar-refractivity contribution in [1.82, 2.24) is 14.9 Å². The number of piperazine rings is 1. The summed E-state index contributed by atoms with van der Waals surface area (Å²) in [6.45, 7) is 13.1. The van der Waals surface area contributed by atoms with Crippen LogP contribution in [0.2, 0.25) is 0 Å². The van der Waals surface area contributed by atoms with E-state index in [9.17, 15) is 0 Å². The lowest BCUT2D eigenvalue weighted by molar-refractivity contribution is 0.213. The Bertz CT molecular complexity index is 410. The van der Waals surface area contributed by atoms with Gasteiger partial charge in [0.05, 0.1) is 0 Å². The second-order valence-electron chi connectivity index (χ2n) is 6.20. The van der Waals surface area contributed by atoms with Crippen molar-refractivity contribution in [2.45, 2.75) is 33.2 Å². The molecule has 0 radical (unpaired) electrons. The number of hydrogen-bond acceptors (Lipinski definition) is 5. The molecule has 1 fully saturated rings. The van der Waals surface area contributed by atoms with Crippen LogP contribution in [0.5, 0.6) is 0 Å². The molecule has 106 valence electrons. The maximum atomic E-state index is 6.07. The van der Waals surface area contributed by atoms with E-state index in [0.717, 1.165) is 50.1 Å². The fourth-order valence-corrected chi connectivity index (χ4v) is 2.53. The van der Waals surface area contributed by atoms with Gasteiger partial charge in [-0.15, -0.1) is 0 Å². The Labute approximate surface area is 115 Å². The number of aromatic nitrogens is 2. The van der Waals surface area contributed by atoms with Crippen LogP contribution in [-0.4, -0.2) is 53.1 Å². The Kier molecular flexibility index (Phi) is 4.06. The van der Waals surface area contributed by atoms with Crippen LogP contribution in [-0.2, 0) is 0 Å². The number of hydrogen-bond donors (Lipinski definition) is 1. The molecular formula is C14H25N5. The molecule has 2 heterocycles. The van der Waals surface area contributed by atoms with Gasteiger partial charge in [-0.2, -0.15) is 0 Å². The summed E-state index contributed by atoms with van der Waals surface area (Å²) in [6, 6.07) is 2.01. The Morgan fingerprint density at radius 2 is 1.63 bits per heavy atom. The zero-order valence-corrected chi connectivity index (χ0v) is 12.5. The molecule has 2 N–H and O–H groups in total. The maximum Gasteiger partial charge on any atom is 0.225 e. The van der Waals surface area contributed by atoms with Crippen LogP contribution < -0.4 is 10.6 Å². The van der Waals surface area contributed by atoms with E-state index in [2.05, 4.69) is 33.6 Å². The molecule has 1 aromatic rings. The normalized spacial score (nSPS) is 17.8. The third kappa shape index (κ3) is 4.14. The second-order valence-corrected chi connectivity index (χ2v) is 6.20. The van der Waals surface area contributed by atoms with Gasteiger partial charge in [0.15, 0.2) is 0 Å². The van der Waals surface area contributed by atoms with Gasteiger partial charge in [-0.3, -0.25) is 4.90 Å². The largest absolute Gasteiger partial charge is 0.338 e. The maximum absolute atomic E-state index is 6.07. The lowest BCUT2D eigenvalue weighted by Crippen LogP contribution is -2.53. The highest BCUT2D eigenvalue weighted by molar-refractivity contribution is 5.32. The minimum absolute atomic E-state index is 0.126. The van der Waals surface area contributed by atoms with Crippen molar-refractivity contribution in [3.05, 3.63) is 17.5 Å². The van der Waals surface area contributed by atoms with Crippen molar-refractivity contribution >= 4 is 5.95 Å². The molecule has 19 heavy (non-hydrogen) atoms. The molecule has 0 bridgehead atoms. The highest BCUT2D eigenvalue weighted by Gasteiger charge is 2.23. The Hall–Kier alpha value is -1.20. The molecule has 1 aromatic heterocycles. The topological polar surface area (TPSA) is 58.3 Å². The Morgan fingerprint density at radius 3 is 2.11 bits per heavy atom. The predicted molar refractivity (Wildman–Crippen MR) is 78.4 cm³/mol. The number of anilines is 1. The number of aryl methyl sites for hydroxylation is 2. The average Bonchev–Trinajstić information content (AvgIpc) is 2.26. The van der Waals surface area contributed by atoms with Gasteiger partial charge in [0, 0.05) is 49.7 Å². The zero-order chi connectivity index (χ0) is 14.0. The van der Waals surface area contributed by atoms with Gasteiger partial charge in [-0.25, -0.2) is 9.97 Å². The van der Waals surface area contributed by atoms with Crippen molar-refractivity contribution in [3.8, 4) is 0 Å². The fourth-order valence-electron chi connectivity index (χ4n) is 2.53. The summed E-state index contributed by atoms with van der Waals surface area (Å²) in [7, 11) is 0. The number of rotatable bonds is 3. The Morgan fingerprint density at radius 1 is 1.11 bits per heavy atom. The first kappa shape index (κ1) is 14.2. The van der Waals surface area contributed by atoms with Gasteiger partial charge in [0.25, 0.3) is 0 Å². The van der Waals surface area contributed by atoms with E-state index in [0.29, 0.717) is 0 Å². The molecule has 0 spiro atoms. The van der Waals surface area contributed by atoms with Crippen LogP contribution in [0.1, 0.15) is 25.2 Å². The van der Waals surface area contributed by atoms with E-state index < -0.39 is 0 Å². The third-order valence-electron chi connectivity index (χ3n) is 3.26. The number of nitrogens with two attached hydrogens (primary N) is 1. The SMILES string of the molecule is Cc1cc(C)nc(N2CCN(CC(C)(C)N)CC2)n1. The standard InChI is InChI=1S/C14H25N5/c1-11-9-12(2)17-13(16-11)19-7-5-18(6-8-19)10-14(3,4)15/h9H,5-8,10,15H2,1-4H3. The molecule has 0 atom stereocenters. The van der Waals surface area contributed by atoms with Gasteiger partial charge in [-0.05, 0) is 33.8 Å². The zero-order valence-electron chi connectivity index (χ0n) is 12.5. The molecule has 0 amide bonds. The van der Waals surface area contributed by atoms with E-state index in [4.69, 9.17) is 5.73 Å². The Balaban J connectivity index is 1.96. The highest BCUT2D eigenvalue weighted by Crippen LogP contribution is 2.14. The summed E-state index contributed by atoms with van der Waals surface area (Å²) >= 11 is 0. The molecule has 1 saturated heterocycles. The summed E-state index contributed by atoms with van der Waals surface area (Å²) in [4.78, 5) is 13.7. The van der Waals surface area contributed by atoms with Crippen LogP contribution in [0.15, 0.2) is 6.07 Å². The molecule has 0 aromatic carbocycles. The summed E-state index contributed by atoms with van der Waals surface area (Å²) in [5.74, 6) is 0.865. The monoisotopic (exact) mass is 263 g/mol. The van der Waals surface area contributed by atoms with Gasteiger partial charge in [0.2, 0.25) is 5.95 Å². The van der Waals surface area contributed by atoms with Crippen molar-refractivity contribution in [2.24, 2.45) is 5.73 Å². The molecule has 5 heteroatoms. The average molecular weight is 263 g/mol. The summed E-state index contributed by atoms with van der Waals surface area (Å²) < 4.78 is 0. The minimum Gasteiger partial charge on any atom is -0.338 e. The quantitative estimate of drug-likeness (QED) is 0.880. The lowest BCUT2D eigenvalue weighted by Gasteiger charge is -2.37. The highest BCUT2D eigenvalue weighted by atomic mass is 15.3. The molecule has 0 unspecified atom stereocenters. The number of nitrogens with zero attached hydrogens (tertiary/aromatic N) is 4. The molecule has 0 saturated carbocycles. The molecule has 1 aliphatic heterocycles. The summed E-state index contributed by atoms with van der Waals surface area (Å²) in [6.07, 6.45) is 0. The van der Waals surface area contributed by atoms with E-state index in [1.807, 2.05) is 19.9 Å². The molecule has 0 aliphatic carbocycles. The van der Waals surface area contributed by atoms with Gasteiger partial charge >= 0.3 is 0 Å². The molecule has 5 nitrogen and oxygen atoms in total. The van der Waals surface area contributed by atoms with E-state index >= 15 is 0 Å². The first-order valence-corrected chi connectivity index (χ1v) is 6.92. The molecule has 1 aliphatic rings. The smallest absolute Gasteiger partial charge is 0.225 e. The van der Waals surface area contributed by atoms with Gasteiger partial charge in [0.1, 0.15) is 0 Å². The van der Waals surface area contributed by atoms with Crippen LogP contribution in [0, 0.1) is 13.8 Å². The first-order chi connectivity index (χ1) is 8.83.